The average Bonchev–Trinajstić information content (AvgIpc) is 2.68. The lowest BCUT2D eigenvalue weighted by Crippen LogP contribution is -2.22. The van der Waals surface area contributed by atoms with Crippen molar-refractivity contribution in [2.75, 3.05) is 21.3 Å². The molecule has 2 aromatic rings. The number of methoxy groups -OCH3 is 3. The van der Waals surface area contributed by atoms with Crippen LogP contribution >= 0.6 is 0 Å². The second-order valence-electron chi connectivity index (χ2n) is 6.07. The Morgan fingerprint density at radius 2 is 1.35 bits per heavy atom. The summed E-state index contributed by atoms with van der Waals surface area (Å²) in [6.45, 7) is 1.69. The number of carbonyl (C=O) groups excluding carboxylic acids is 2. The van der Waals surface area contributed by atoms with Crippen molar-refractivity contribution in [3.05, 3.63) is 64.2 Å². The molecule has 0 amide bonds. The van der Waals surface area contributed by atoms with E-state index in [9.17, 15) is 9.59 Å². The quantitative estimate of drug-likeness (QED) is 0.822. The van der Waals surface area contributed by atoms with Crippen molar-refractivity contribution in [3.63, 3.8) is 0 Å². The van der Waals surface area contributed by atoms with Crippen molar-refractivity contribution in [1.29, 1.82) is 0 Å². The third-order valence-electron chi connectivity index (χ3n) is 4.58. The molecule has 1 aliphatic carbocycles. The molecule has 0 saturated heterocycles. The summed E-state index contributed by atoms with van der Waals surface area (Å²) in [4.78, 5) is 25.7. The van der Waals surface area contributed by atoms with E-state index in [0.29, 0.717) is 45.9 Å². The van der Waals surface area contributed by atoms with Gasteiger partial charge in [0.05, 0.1) is 21.3 Å². The van der Waals surface area contributed by atoms with Crippen LogP contribution in [0.2, 0.25) is 0 Å². The highest BCUT2D eigenvalue weighted by Crippen LogP contribution is 2.32. The van der Waals surface area contributed by atoms with E-state index < -0.39 is 0 Å². The molecule has 26 heavy (non-hydrogen) atoms. The molecule has 0 aromatic heterocycles. The number of ketones is 2. The van der Waals surface area contributed by atoms with Gasteiger partial charge in [-0.2, -0.15) is 0 Å². The lowest BCUT2D eigenvalue weighted by molar-refractivity contribution is 0.0972. The Balaban J connectivity index is 2.02. The Morgan fingerprint density at radius 1 is 0.731 bits per heavy atom. The summed E-state index contributed by atoms with van der Waals surface area (Å²) in [5.74, 6) is 1.54. The topological polar surface area (TPSA) is 61.8 Å². The van der Waals surface area contributed by atoms with E-state index in [1.54, 1.807) is 45.4 Å². The Hall–Kier alpha value is -3.08. The van der Waals surface area contributed by atoms with Crippen molar-refractivity contribution in [2.45, 2.75) is 13.3 Å². The van der Waals surface area contributed by atoms with Crippen LogP contribution in [-0.2, 0) is 6.42 Å². The maximum Gasteiger partial charge on any atom is 0.190 e. The second kappa shape index (κ2) is 7.04. The maximum atomic E-state index is 13.0. The van der Waals surface area contributed by atoms with E-state index in [2.05, 4.69) is 0 Å². The van der Waals surface area contributed by atoms with Gasteiger partial charge in [-0.05, 0) is 42.8 Å². The lowest BCUT2D eigenvalue weighted by atomic mass is 9.82. The van der Waals surface area contributed by atoms with Gasteiger partial charge in [-0.1, -0.05) is 0 Å². The van der Waals surface area contributed by atoms with Crippen molar-refractivity contribution in [2.24, 2.45) is 0 Å². The normalized spacial score (nSPS) is 13.5. The Labute approximate surface area is 152 Å². The monoisotopic (exact) mass is 352 g/mol. The van der Waals surface area contributed by atoms with Crippen LogP contribution in [-0.4, -0.2) is 32.9 Å². The molecule has 3 rings (SSSR count). The Kier molecular flexibility index (Phi) is 4.80. The fraction of sp³-hybridized carbons (Fsp3) is 0.238. The summed E-state index contributed by atoms with van der Waals surface area (Å²) in [7, 11) is 4.67. The van der Waals surface area contributed by atoms with E-state index in [1.165, 1.54) is 7.11 Å². The van der Waals surface area contributed by atoms with Gasteiger partial charge in [-0.3, -0.25) is 9.59 Å². The third kappa shape index (κ3) is 3.08. The van der Waals surface area contributed by atoms with Crippen LogP contribution in [0.25, 0.3) is 0 Å². The third-order valence-corrected chi connectivity index (χ3v) is 4.58. The smallest absolute Gasteiger partial charge is 0.190 e. The minimum atomic E-state index is -0.150. The number of ether oxygens (including phenoxy) is 3. The van der Waals surface area contributed by atoms with Crippen LogP contribution in [0.1, 0.15) is 33.2 Å². The number of hydrogen-bond acceptors (Lipinski definition) is 5. The highest BCUT2D eigenvalue weighted by atomic mass is 16.5. The number of hydrogen-bond donors (Lipinski definition) is 0. The van der Waals surface area contributed by atoms with Gasteiger partial charge in [-0.15, -0.1) is 0 Å². The fourth-order valence-corrected chi connectivity index (χ4v) is 3.09. The first-order valence-electron chi connectivity index (χ1n) is 8.17. The summed E-state index contributed by atoms with van der Waals surface area (Å²) in [6.07, 6.45) is 0.329. The average molecular weight is 352 g/mol. The number of Topliss-reactive ketones (excluding diaryl/α,β-unsaturated/α-hetero) is 2. The Bertz CT molecular complexity index is 902. The molecule has 0 N–H and O–H groups in total. The predicted octanol–water partition coefficient (Wildman–Crippen LogP) is 3.65. The van der Waals surface area contributed by atoms with Crippen molar-refractivity contribution < 1.29 is 23.8 Å². The number of rotatable bonds is 5. The second-order valence-corrected chi connectivity index (χ2v) is 6.07. The molecule has 5 nitrogen and oxygen atoms in total. The molecule has 0 spiro atoms. The molecular weight excluding hydrogens is 332 g/mol. The highest BCUT2D eigenvalue weighted by Gasteiger charge is 2.30. The first-order valence-corrected chi connectivity index (χ1v) is 8.17. The van der Waals surface area contributed by atoms with Gasteiger partial charge < -0.3 is 14.2 Å². The van der Waals surface area contributed by atoms with Gasteiger partial charge in [0.25, 0.3) is 0 Å². The van der Waals surface area contributed by atoms with E-state index in [1.807, 2.05) is 12.1 Å². The molecule has 1 aliphatic rings. The maximum absolute atomic E-state index is 13.0. The van der Waals surface area contributed by atoms with Crippen molar-refractivity contribution in [1.82, 2.24) is 0 Å². The fourth-order valence-electron chi connectivity index (χ4n) is 3.09. The van der Waals surface area contributed by atoms with Crippen LogP contribution < -0.4 is 14.2 Å². The molecule has 0 unspecified atom stereocenters. The van der Waals surface area contributed by atoms with Crippen LogP contribution in [0.5, 0.6) is 17.2 Å². The molecule has 0 radical (unpaired) electrons. The highest BCUT2D eigenvalue weighted by molar-refractivity contribution is 6.26. The van der Waals surface area contributed by atoms with Crippen LogP contribution in [0.4, 0.5) is 0 Å². The SMILES string of the molecule is COc1cc(CC2=C(C)C(=O)c3cc(OC)ccc3C2=O)cc(OC)c1. The molecule has 0 saturated carbocycles. The standard InChI is InChI=1S/C21H20O5/c1-12-18(9-13-7-15(25-3)10-16(8-13)26-4)21(23)17-6-5-14(24-2)11-19(17)20(12)22/h5-8,10-11H,9H2,1-4H3. The zero-order valence-electron chi connectivity index (χ0n) is 15.2. The first-order chi connectivity index (χ1) is 12.5. The van der Waals surface area contributed by atoms with Gasteiger partial charge in [0.2, 0.25) is 0 Å². The first kappa shape index (κ1) is 17.7. The van der Waals surface area contributed by atoms with E-state index in [4.69, 9.17) is 14.2 Å². The summed E-state index contributed by atoms with van der Waals surface area (Å²) < 4.78 is 15.7. The van der Waals surface area contributed by atoms with Gasteiger partial charge in [0.1, 0.15) is 17.2 Å². The van der Waals surface area contributed by atoms with Crippen LogP contribution in [0.15, 0.2) is 47.5 Å². The van der Waals surface area contributed by atoms with Gasteiger partial charge >= 0.3 is 0 Å². The minimum absolute atomic E-state index is 0.137. The molecule has 2 aromatic carbocycles. The summed E-state index contributed by atoms with van der Waals surface area (Å²) in [5.41, 5.74) is 2.58. The molecule has 0 bridgehead atoms. The van der Waals surface area contributed by atoms with Gasteiger partial charge in [0, 0.05) is 34.8 Å². The molecule has 0 atom stereocenters. The zero-order chi connectivity index (χ0) is 18.8. The van der Waals surface area contributed by atoms with Gasteiger partial charge in [0.15, 0.2) is 11.6 Å². The van der Waals surface area contributed by atoms with E-state index >= 15 is 0 Å². The Morgan fingerprint density at radius 3 is 1.92 bits per heavy atom. The summed E-state index contributed by atoms with van der Waals surface area (Å²) in [6, 6.07) is 10.4. The number of fused-ring (bicyclic) bond motifs is 1. The van der Waals surface area contributed by atoms with Crippen LogP contribution in [0, 0.1) is 0 Å². The van der Waals surface area contributed by atoms with Crippen LogP contribution in [0.3, 0.4) is 0 Å². The molecular formula is C21H20O5. The zero-order valence-corrected chi connectivity index (χ0v) is 15.2. The number of benzene rings is 2. The van der Waals surface area contributed by atoms with Gasteiger partial charge in [-0.25, -0.2) is 0 Å². The molecule has 5 heteroatoms. The summed E-state index contributed by atoms with van der Waals surface area (Å²) in [5, 5.41) is 0. The molecule has 0 fully saturated rings. The number of carbonyl (C=O) groups is 2. The van der Waals surface area contributed by atoms with Crippen molar-refractivity contribution in [3.8, 4) is 17.2 Å². The molecule has 0 heterocycles. The minimum Gasteiger partial charge on any atom is -0.497 e. The van der Waals surface area contributed by atoms with Crippen molar-refractivity contribution >= 4 is 11.6 Å². The lowest BCUT2D eigenvalue weighted by Gasteiger charge is -2.20. The predicted molar refractivity (Wildman–Crippen MR) is 97.6 cm³/mol. The molecule has 134 valence electrons. The number of allylic oxidation sites excluding steroid dienone is 2. The summed E-state index contributed by atoms with van der Waals surface area (Å²) >= 11 is 0. The molecule has 0 aliphatic heterocycles. The largest absolute Gasteiger partial charge is 0.497 e. The van der Waals surface area contributed by atoms with E-state index in [0.717, 1.165) is 5.56 Å². The van der Waals surface area contributed by atoms with E-state index in [-0.39, 0.29) is 11.6 Å².